The number of rotatable bonds is 2. The van der Waals surface area contributed by atoms with E-state index in [4.69, 9.17) is 4.55 Å². The molecule has 0 aliphatic carbocycles. The second kappa shape index (κ2) is 5.18. The highest BCUT2D eigenvalue weighted by Gasteiger charge is 2.15. The molecule has 0 unspecified atom stereocenters. The third-order valence-corrected chi connectivity index (χ3v) is 3.17. The molecular formula is C10H9MgNO5S. The van der Waals surface area contributed by atoms with Crippen molar-refractivity contribution in [3.63, 3.8) is 0 Å². The Morgan fingerprint density at radius 3 is 2.39 bits per heavy atom. The molecule has 0 aliphatic heterocycles. The molecule has 1 N–H and O–H groups in total. The van der Waals surface area contributed by atoms with E-state index in [0.29, 0.717) is 5.39 Å². The Balaban J connectivity index is 0.00000162. The zero-order valence-electron chi connectivity index (χ0n) is 8.40. The first-order chi connectivity index (χ1) is 7.89. The van der Waals surface area contributed by atoms with Gasteiger partial charge in [-0.2, -0.15) is 8.42 Å². The number of nitro benzene ring substituents is 1. The van der Waals surface area contributed by atoms with Crippen LogP contribution in [0.5, 0.6) is 0 Å². The highest BCUT2D eigenvalue weighted by Crippen LogP contribution is 2.27. The molecular weight excluding hydrogens is 270 g/mol. The molecule has 0 aromatic heterocycles. The van der Waals surface area contributed by atoms with Crippen LogP contribution in [0.15, 0.2) is 41.3 Å². The Kier molecular flexibility index (Phi) is 4.27. The summed E-state index contributed by atoms with van der Waals surface area (Å²) in [6.45, 7) is 0. The predicted molar refractivity (Wildman–Crippen MR) is 69.0 cm³/mol. The van der Waals surface area contributed by atoms with Crippen LogP contribution in [0.1, 0.15) is 0 Å². The largest absolute Gasteiger partial charge is 0.316 e. The van der Waals surface area contributed by atoms with Crippen LogP contribution in [0.3, 0.4) is 0 Å². The first-order valence-electron chi connectivity index (χ1n) is 4.54. The highest BCUT2D eigenvalue weighted by molar-refractivity contribution is 7.85. The lowest BCUT2D eigenvalue weighted by atomic mass is 10.1. The van der Waals surface area contributed by atoms with Gasteiger partial charge < -0.3 is 0 Å². The molecule has 0 amide bonds. The van der Waals surface area contributed by atoms with Gasteiger partial charge in [0.1, 0.15) is 0 Å². The number of nitrogens with zero attached hydrogens (tertiary/aromatic N) is 1. The summed E-state index contributed by atoms with van der Waals surface area (Å²) in [6.07, 6.45) is 0. The van der Waals surface area contributed by atoms with Gasteiger partial charge in [-0.25, -0.2) is 0 Å². The minimum Gasteiger partial charge on any atom is -0.282 e. The molecule has 0 spiro atoms. The van der Waals surface area contributed by atoms with E-state index >= 15 is 0 Å². The van der Waals surface area contributed by atoms with Crippen LogP contribution in [0, 0.1) is 10.1 Å². The zero-order valence-corrected chi connectivity index (χ0v) is 9.22. The maximum atomic E-state index is 10.9. The minimum absolute atomic E-state index is 0. The van der Waals surface area contributed by atoms with Crippen molar-refractivity contribution in [3.8, 4) is 0 Å². The van der Waals surface area contributed by atoms with Gasteiger partial charge in [0.25, 0.3) is 15.8 Å². The lowest BCUT2D eigenvalue weighted by molar-refractivity contribution is -0.383. The maximum absolute atomic E-state index is 10.9. The van der Waals surface area contributed by atoms with E-state index < -0.39 is 15.0 Å². The number of fused-ring (bicyclic) bond motifs is 1. The van der Waals surface area contributed by atoms with E-state index in [-0.39, 0.29) is 39.0 Å². The molecule has 92 valence electrons. The summed E-state index contributed by atoms with van der Waals surface area (Å²) in [4.78, 5) is 9.81. The van der Waals surface area contributed by atoms with E-state index in [1.165, 1.54) is 24.3 Å². The van der Waals surface area contributed by atoms with Crippen molar-refractivity contribution < 1.29 is 17.9 Å². The molecule has 0 radical (unpaired) electrons. The third-order valence-electron chi connectivity index (χ3n) is 2.33. The van der Waals surface area contributed by atoms with Crippen LogP contribution < -0.4 is 0 Å². The highest BCUT2D eigenvalue weighted by atomic mass is 32.2. The van der Waals surface area contributed by atoms with Crippen molar-refractivity contribution in [1.29, 1.82) is 0 Å². The lowest BCUT2D eigenvalue weighted by Crippen LogP contribution is -1.98. The number of benzene rings is 2. The Hall–Kier alpha value is -1.22. The molecule has 0 atom stereocenters. The summed E-state index contributed by atoms with van der Waals surface area (Å²) < 4.78 is 30.8. The van der Waals surface area contributed by atoms with Crippen molar-refractivity contribution in [2.24, 2.45) is 0 Å². The fourth-order valence-electron chi connectivity index (χ4n) is 1.55. The van der Waals surface area contributed by atoms with Crippen LogP contribution >= 0.6 is 0 Å². The molecule has 18 heavy (non-hydrogen) atoms. The second-order valence-electron chi connectivity index (χ2n) is 3.39. The lowest BCUT2D eigenvalue weighted by Gasteiger charge is -2.01. The molecule has 6 nitrogen and oxygen atoms in total. The van der Waals surface area contributed by atoms with Crippen LogP contribution in [0.25, 0.3) is 10.8 Å². The average Bonchev–Trinajstić information content (AvgIpc) is 2.26. The maximum Gasteiger partial charge on any atom is 0.316 e. The zero-order chi connectivity index (χ0) is 12.6. The fourth-order valence-corrected chi connectivity index (χ4v) is 2.06. The van der Waals surface area contributed by atoms with Crippen LogP contribution in [-0.4, -0.2) is 40.9 Å². The van der Waals surface area contributed by atoms with Gasteiger partial charge in [0.15, 0.2) is 0 Å². The van der Waals surface area contributed by atoms with Gasteiger partial charge in [0, 0.05) is 6.07 Å². The Bertz CT molecular complexity index is 713. The van der Waals surface area contributed by atoms with Gasteiger partial charge in [-0.3, -0.25) is 14.7 Å². The van der Waals surface area contributed by atoms with Gasteiger partial charge in [0.05, 0.1) is 15.2 Å². The van der Waals surface area contributed by atoms with Gasteiger partial charge in [-0.05, 0) is 17.5 Å². The quantitative estimate of drug-likeness (QED) is 0.384. The van der Waals surface area contributed by atoms with Crippen molar-refractivity contribution in [2.75, 3.05) is 0 Å². The van der Waals surface area contributed by atoms with Crippen LogP contribution in [0.2, 0.25) is 0 Å². The molecule has 2 aromatic carbocycles. The van der Waals surface area contributed by atoms with E-state index in [1.54, 1.807) is 6.07 Å². The molecule has 0 saturated carbocycles. The third kappa shape index (κ3) is 2.78. The molecule has 0 heterocycles. The molecule has 2 rings (SSSR count). The Morgan fingerprint density at radius 2 is 1.83 bits per heavy atom. The van der Waals surface area contributed by atoms with Gasteiger partial charge in [-0.15, -0.1) is 0 Å². The molecule has 8 heteroatoms. The van der Waals surface area contributed by atoms with Gasteiger partial charge >= 0.3 is 23.1 Å². The van der Waals surface area contributed by atoms with Crippen molar-refractivity contribution in [3.05, 3.63) is 46.5 Å². The van der Waals surface area contributed by atoms with E-state index in [9.17, 15) is 18.5 Å². The smallest absolute Gasteiger partial charge is 0.282 e. The SMILES string of the molecule is O=[N+]([O-])c1cccc2ccc(S(=O)(=O)O)cc12.[MgH2]. The monoisotopic (exact) mass is 279 g/mol. The number of hydrogen-bond donors (Lipinski definition) is 1. The number of nitro groups is 1. The van der Waals surface area contributed by atoms with Gasteiger partial charge in [-0.1, -0.05) is 18.2 Å². The molecule has 0 fully saturated rings. The normalized spacial score (nSPS) is 10.9. The average molecular weight is 280 g/mol. The Labute approximate surface area is 119 Å². The molecule has 2 aromatic rings. The summed E-state index contributed by atoms with van der Waals surface area (Å²) in [5.74, 6) is 0. The minimum atomic E-state index is -4.36. The summed E-state index contributed by atoms with van der Waals surface area (Å²) in [6, 6.07) is 8.09. The first kappa shape index (κ1) is 14.8. The summed E-state index contributed by atoms with van der Waals surface area (Å²) in [5.41, 5.74) is -0.201. The molecule has 0 aliphatic rings. The summed E-state index contributed by atoms with van der Waals surface area (Å²) in [5, 5.41) is 11.5. The van der Waals surface area contributed by atoms with Crippen LogP contribution in [0.4, 0.5) is 5.69 Å². The van der Waals surface area contributed by atoms with Crippen LogP contribution in [-0.2, 0) is 10.1 Å². The van der Waals surface area contributed by atoms with Crippen molar-refractivity contribution >= 4 is 49.6 Å². The predicted octanol–water partition coefficient (Wildman–Crippen LogP) is 1.08. The van der Waals surface area contributed by atoms with Gasteiger partial charge in [0.2, 0.25) is 0 Å². The summed E-state index contributed by atoms with van der Waals surface area (Å²) in [7, 11) is -4.36. The standard InChI is InChI=1S/C10H7NO5S.Mg.2H/c12-11(13)10-3-1-2-7-4-5-8(6-9(7)10)17(14,15)16;;;/h1-6H,(H,14,15,16);;;. The first-order valence-corrected chi connectivity index (χ1v) is 5.98. The van der Waals surface area contributed by atoms with Crippen molar-refractivity contribution in [2.45, 2.75) is 4.90 Å². The van der Waals surface area contributed by atoms with Crippen molar-refractivity contribution in [1.82, 2.24) is 0 Å². The topological polar surface area (TPSA) is 97.5 Å². The van der Waals surface area contributed by atoms with E-state index in [1.807, 2.05) is 0 Å². The van der Waals surface area contributed by atoms with E-state index in [0.717, 1.165) is 6.07 Å². The van der Waals surface area contributed by atoms with E-state index in [2.05, 4.69) is 0 Å². The molecule has 0 bridgehead atoms. The summed E-state index contributed by atoms with van der Waals surface area (Å²) >= 11 is 0. The fraction of sp³-hybridized carbons (Fsp3) is 0. The second-order valence-corrected chi connectivity index (χ2v) is 4.81. The number of non-ortho nitro benzene ring substituents is 1. The Morgan fingerprint density at radius 1 is 1.17 bits per heavy atom. The molecule has 0 saturated heterocycles. The number of hydrogen-bond acceptors (Lipinski definition) is 4.